The molecule has 0 radical (unpaired) electrons. The molecule has 0 saturated carbocycles. The summed E-state index contributed by atoms with van der Waals surface area (Å²) in [6, 6.07) is 16.7. The van der Waals surface area contributed by atoms with E-state index in [0.29, 0.717) is 31.0 Å². The lowest BCUT2D eigenvalue weighted by atomic mass is 10.1. The molecule has 2 aromatic carbocycles. The van der Waals surface area contributed by atoms with Crippen LogP contribution in [0.5, 0.6) is 0 Å². The number of nitrogens with one attached hydrogen (secondary N) is 1. The van der Waals surface area contributed by atoms with Gasteiger partial charge >= 0.3 is 0 Å². The van der Waals surface area contributed by atoms with E-state index in [2.05, 4.69) is 5.32 Å². The standard InChI is InChI=1S/C22H27ClN2O2/c1-3-15-24-22(27)17(2)25(16-19-9-12-20(23)13-10-19)21(26)14-11-18-7-5-4-6-8-18/h4-10,12-13,17H,3,11,14-16H2,1-2H3,(H,24,27)/t17-/m1/s1. The van der Waals surface area contributed by atoms with Crippen LogP contribution in [-0.2, 0) is 22.6 Å². The first kappa shape index (κ1) is 21.0. The molecule has 0 aliphatic carbocycles. The molecule has 1 atom stereocenters. The van der Waals surface area contributed by atoms with Crippen molar-refractivity contribution in [2.75, 3.05) is 6.54 Å². The lowest BCUT2D eigenvalue weighted by molar-refractivity contribution is -0.140. The third-order valence-corrected chi connectivity index (χ3v) is 4.71. The summed E-state index contributed by atoms with van der Waals surface area (Å²) in [7, 11) is 0. The quantitative estimate of drug-likeness (QED) is 0.701. The Morgan fingerprint density at radius 1 is 1.04 bits per heavy atom. The number of aryl methyl sites for hydroxylation is 1. The topological polar surface area (TPSA) is 49.4 Å². The zero-order valence-electron chi connectivity index (χ0n) is 16.0. The van der Waals surface area contributed by atoms with E-state index in [4.69, 9.17) is 11.6 Å². The Balaban J connectivity index is 2.10. The maximum atomic E-state index is 12.9. The van der Waals surface area contributed by atoms with Gasteiger partial charge in [-0.3, -0.25) is 9.59 Å². The number of carbonyl (C=O) groups is 2. The molecular weight excluding hydrogens is 360 g/mol. The van der Waals surface area contributed by atoms with Crippen LogP contribution in [0.3, 0.4) is 0 Å². The molecule has 2 amide bonds. The third-order valence-electron chi connectivity index (χ3n) is 4.45. The van der Waals surface area contributed by atoms with Crippen LogP contribution < -0.4 is 5.32 Å². The van der Waals surface area contributed by atoms with Crippen molar-refractivity contribution in [3.63, 3.8) is 0 Å². The Morgan fingerprint density at radius 3 is 2.33 bits per heavy atom. The van der Waals surface area contributed by atoms with Gasteiger partial charge in [-0.1, -0.05) is 61.0 Å². The van der Waals surface area contributed by atoms with Gasteiger partial charge in [-0.25, -0.2) is 0 Å². The summed E-state index contributed by atoms with van der Waals surface area (Å²) in [5.74, 6) is -0.160. The zero-order valence-corrected chi connectivity index (χ0v) is 16.7. The molecule has 5 heteroatoms. The minimum Gasteiger partial charge on any atom is -0.354 e. The fourth-order valence-electron chi connectivity index (χ4n) is 2.80. The largest absolute Gasteiger partial charge is 0.354 e. The molecule has 2 aromatic rings. The van der Waals surface area contributed by atoms with Gasteiger partial charge < -0.3 is 10.2 Å². The first-order chi connectivity index (χ1) is 13.0. The molecule has 0 saturated heterocycles. The molecule has 27 heavy (non-hydrogen) atoms. The lowest BCUT2D eigenvalue weighted by Gasteiger charge is -2.29. The van der Waals surface area contributed by atoms with E-state index in [-0.39, 0.29) is 11.8 Å². The molecule has 1 N–H and O–H groups in total. The average molecular weight is 387 g/mol. The van der Waals surface area contributed by atoms with Crippen LogP contribution in [-0.4, -0.2) is 29.3 Å². The van der Waals surface area contributed by atoms with E-state index >= 15 is 0 Å². The van der Waals surface area contributed by atoms with Crippen LogP contribution in [0, 0.1) is 0 Å². The molecule has 0 spiro atoms. The van der Waals surface area contributed by atoms with E-state index in [0.717, 1.165) is 17.5 Å². The van der Waals surface area contributed by atoms with Gasteiger partial charge in [0, 0.05) is 24.5 Å². The van der Waals surface area contributed by atoms with E-state index in [1.165, 1.54) is 0 Å². The van der Waals surface area contributed by atoms with Gasteiger partial charge in [0.25, 0.3) is 0 Å². The van der Waals surface area contributed by atoms with Gasteiger partial charge in [0.2, 0.25) is 11.8 Å². The highest BCUT2D eigenvalue weighted by Crippen LogP contribution is 2.15. The summed E-state index contributed by atoms with van der Waals surface area (Å²) >= 11 is 5.95. The fourth-order valence-corrected chi connectivity index (χ4v) is 2.93. The highest BCUT2D eigenvalue weighted by Gasteiger charge is 2.25. The van der Waals surface area contributed by atoms with Crippen molar-refractivity contribution in [2.24, 2.45) is 0 Å². The molecule has 4 nitrogen and oxygen atoms in total. The second kappa shape index (κ2) is 10.7. The van der Waals surface area contributed by atoms with Crippen molar-refractivity contribution in [1.29, 1.82) is 0 Å². The summed E-state index contributed by atoms with van der Waals surface area (Å²) in [4.78, 5) is 27.0. The van der Waals surface area contributed by atoms with E-state index in [1.54, 1.807) is 24.0 Å². The van der Waals surface area contributed by atoms with E-state index in [1.807, 2.05) is 49.4 Å². The number of benzene rings is 2. The predicted molar refractivity (Wildman–Crippen MR) is 110 cm³/mol. The molecule has 0 aliphatic rings. The van der Waals surface area contributed by atoms with Crippen molar-refractivity contribution < 1.29 is 9.59 Å². The van der Waals surface area contributed by atoms with E-state index in [9.17, 15) is 9.59 Å². The van der Waals surface area contributed by atoms with Crippen LogP contribution >= 0.6 is 11.6 Å². The number of halogens is 1. The highest BCUT2D eigenvalue weighted by atomic mass is 35.5. The van der Waals surface area contributed by atoms with Gasteiger partial charge in [0.15, 0.2) is 0 Å². The summed E-state index contributed by atoms with van der Waals surface area (Å²) in [5.41, 5.74) is 2.06. The minimum atomic E-state index is -0.532. The molecule has 0 fully saturated rings. The van der Waals surface area contributed by atoms with Crippen LogP contribution in [0.15, 0.2) is 54.6 Å². The number of amides is 2. The van der Waals surface area contributed by atoms with Crippen molar-refractivity contribution in [2.45, 2.75) is 45.7 Å². The molecule has 0 heterocycles. The first-order valence-corrected chi connectivity index (χ1v) is 9.74. The number of nitrogens with zero attached hydrogens (tertiary/aromatic N) is 1. The number of rotatable bonds is 9. The summed E-state index contributed by atoms with van der Waals surface area (Å²) in [5, 5.41) is 3.53. The normalized spacial score (nSPS) is 11.7. The van der Waals surface area contributed by atoms with Crippen molar-refractivity contribution in [1.82, 2.24) is 10.2 Å². The second-order valence-electron chi connectivity index (χ2n) is 6.60. The maximum absolute atomic E-state index is 12.9. The van der Waals surface area contributed by atoms with Gasteiger partial charge in [-0.15, -0.1) is 0 Å². The molecule has 0 unspecified atom stereocenters. The molecule has 0 aromatic heterocycles. The van der Waals surface area contributed by atoms with Gasteiger partial charge in [-0.2, -0.15) is 0 Å². The first-order valence-electron chi connectivity index (χ1n) is 9.36. The van der Waals surface area contributed by atoms with Gasteiger partial charge in [-0.05, 0) is 43.0 Å². The molecule has 0 aliphatic heterocycles. The Kier molecular flexibility index (Phi) is 8.34. The van der Waals surface area contributed by atoms with Crippen LogP contribution in [0.1, 0.15) is 37.8 Å². The fraction of sp³-hybridized carbons (Fsp3) is 0.364. The summed E-state index contributed by atoms with van der Waals surface area (Å²) < 4.78 is 0. The second-order valence-corrected chi connectivity index (χ2v) is 7.04. The number of hydrogen-bond acceptors (Lipinski definition) is 2. The van der Waals surface area contributed by atoms with Crippen molar-refractivity contribution >= 4 is 23.4 Å². The monoisotopic (exact) mass is 386 g/mol. The minimum absolute atomic E-state index is 0.0343. The molecular formula is C22H27ClN2O2. The Hall–Kier alpha value is -2.33. The summed E-state index contributed by atoms with van der Waals surface area (Å²) in [6.45, 7) is 4.77. The molecule has 144 valence electrons. The van der Waals surface area contributed by atoms with Gasteiger partial charge in [0.05, 0.1) is 0 Å². The smallest absolute Gasteiger partial charge is 0.242 e. The van der Waals surface area contributed by atoms with Crippen LogP contribution in [0.4, 0.5) is 0 Å². The lowest BCUT2D eigenvalue weighted by Crippen LogP contribution is -2.47. The highest BCUT2D eigenvalue weighted by molar-refractivity contribution is 6.30. The van der Waals surface area contributed by atoms with Crippen molar-refractivity contribution in [3.05, 3.63) is 70.7 Å². The Morgan fingerprint density at radius 2 is 1.70 bits per heavy atom. The average Bonchev–Trinajstić information content (AvgIpc) is 2.70. The molecule has 0 bridgehead atoms. The van der Waals surface area contributed by atoms with Crippen LogP contribution in [0.25, 0.3) is 0 Å². The zero-order chi connectivity index (χ0) is 19.6. The maximum Gasteiger partial charge on any atom is 0.242 e. The number of carbonyl (C=O) groups excluding carboxylic acids is 2. The van der Waals surface area contributed by atoms with E-state index < -0.39 is 6.04 Å². The third kappa shape index (κ3) is 6.72. The van der Waals surface area contributed by atoms with Gasteiger partial charge in [0.1, 0.15) is 6.04 Å². The predicted octanol–water partition coefficient (Wildman–Crippen LogP) is 4.22. The number of hydrogen-bond donors (Lipinski definition) is 1. The SMILES string of the molecule is CCCNC(=O)[C@@H](C)N(Cc1ccc(Cl)cc1)C(=O)CCc1ccccc1. The Bertz CT molecular complexity index is 732. The van der Waals surface area contributed by atoms with Crippen LogP contribution in [0.2, 0.25) is 5.02 Å². The van der Waals surface area contributed by atoms with Crippen molar-refractivity contribution in [3.8, 4) is 0 Å². The Labute approximate surface area is 166 Å². The summed E-state index contributed by atoms with van der Waals surface area (Å²) in [6.07, 6.45) is 1.88. The molecule has 2 rings (SSSR count).